The molecule has 0 atom stereocenters. The predicted octanol–water partition coefficient (Wildman–Crippen LogP) is 4.90. The van der Waals surface area contributed by atoms with Gasteiger partial charge >= 0.3 is 0 Å². The molecule has 1 saturated carbocycles. The molecule has 3 rings (SSSR count). The van der Waals surface area contributed by atoms with Crippen LogP contribution in [0.25, 0.3) is 0 Å². The normalized spacial score (nSPS) is 15.0. The number of ether oxygens (including phenoxy) is 1. The Bertz CT molecular complexity index is 558. The minimum Gasteiger partial charge on any atom is -0.494 e. The Labute approximate surface area is 139 Å². The fraction of sp³-hybridized carbons (Fsp3) is 0.429. The average Bonchev–Trinajstić information content (AvgIpc) is 3.14. The van der Waals surface area contributed by atoms with Gasteiger partial charge in [-0.05, 0) is 55.0 Å². The SMILES string of the molecule is c1ccc(CNCCCOc2ccc(C3CCCC3)cc2)cc1. The molecular formula is C21H27NO. The number of hydrogen-bond donors (Lipinski definition) is 1. The third-order valence-electron chi connectivity index (χ3n) is 4.65. The van der Waals surface area contributed by atoms with Crippen molar-refractivity contribution in [3.8, 4) is 5.75 Å². The van der Waals surface area contributed by atoms with Crippen molar-refractivity contribution in [3.63, 3.8) is 0 Å². The molecule has 0 unspecified atom stereocenters. The van der Waals surface area contributed by atoms with Crippen molar-refractivity contribution in [2.24, 2.45) is 0 Å². The summed E-state index contributed by atoms with van der Waals surface area (Å²) in [6.07, 6.45) is 6.51. The van der Waals surface area contributed by atoms with E-state index in [9.17, 15) is 0 Å². The van der Waals surface area contributed by atoms with Gasteiger partial charge in [-0.15, -0.1) is 0 Å². The van der Waals surface area contributed by atoms with E-state index in [1.54, 1.807) is 0 Å². The molecule has 122 valence electrons. The lowest BCUT2D eigenvalue weighted by Gasteiger charge is -2.11. The van der Waals surface area contributed by atoms with Gasteiger partial charge in [-0.25, -0.2) is 0 Å². The maximum Gasteiger partial charge on any atom is 0.119 e. The van der Waals surface area contributed by atoms with Crippen LogP contribution in [0.3, 0.4) is 0 Å². The van der Waals surface area contributed by atoms with E-state index in [2.05, 4.69) is 59.9 Å². The van der Waals surface area contributed by atoms with Gasteiger partial charge in [0.2, 0.25) is 0 Å². The van der Waals surface area contributed by atoms with Gasteiger partial charge in [-0.3, -0.25) is 0 Å². The van der Waals surface area contributed by atoms with Crippen molar-refractivity contribution < 1.29 is 4.74 Å². The minimum atomic E-state index is 0.768. The fourth-order valence-corrected chi connectivity index (χ4v) is 3.31. The van der Waals surface area contributed by atoms with E-state index in [1.807, 2.05) is 0 Å². The molecule has 2 nitrogen and oxygen atoms in total. The lowest BCUT2D eigenvalue weighted by molar-refractivity contribution is 0.308. The highest BCUT2D eigenvalue weighted by Crippen LogP contribution is 2.34. The van der Waals surface area contributed by atoms with Crippen LogP contribution in [-0.4, -0.2) is 13.2 Å². The van der Waals surface area contributed by atoms with Gasteiger partial charge in [0.1, 0.15) is 5.75 Å². The van der Waals surface area contributed by atoms with Crippen LogP contribution in [-0.2, 0) is 6.54 Å². The fourth-order valence-electron chi connectivity index (χ4n) is 3.31. The molecule has 1 aliphatic rings. The largest absolute Gasteiger partial charge is 0.494 e. The van der Waals surface area contributed by atoms with Gasteiger partial charge in [0.05, 0.1) is 6.61 Å². The highest BCUT2D eigenvalue weighted by Gasteiger charge is 2.16. The van der Waals surface area contributed by atoms with Crippen molar-refractivity contribution in [2.45, 2.75) is 44.6 Å². The van der Waals surface area contributed by atoms with Gasteiger partial charge in [-0.2, -0.15) is 0 Å². The summed E-state index contributed by atoms with van der Waals surface area (Å²) in [4.78, 5) is 0. The second kappa shape index (κ2) is 8.73. The van der Waals surface area contributed by atoms with E-state index in [-0.39, 0.29) is 0 Å². The molecule has 0 saturated heterocycles. The maximum absolute atomic E-state index is 5.84. The molecule has 0 amide bonds. The number of rotatable bonds is 8. The lowest BCUT2D eigenvalue weighted by atomic mass is 9.98. The van der Waals surface area contributed by atoms with E-state index in [1.165, 1.54) is 36.8 Å². The summed E-state index contributed by atoms with van der Waals surface area (Å²) in [6.45, 7) is 2.68. The first-order chi connectivity index (χ1) is 11.4. The second-order valence-corrected chi connectivity index (χ2v) is 6.41. The van der Waals surface area contributed by atoms with Crippen LogP contribution in [0.15, 0.2) is 54.6 Å². The summed E-state index contributed by atoms with van der Waals surface area (Å²) >= 11 is 0. The molecule has 0 spiro atoms. The quantitative estimate of drug-likeness (QED) is 0.700. The molecule has 1 aliphatic carbocycles. The maximum atomic E-state index is 5.84. The van der Waals surface area contributed by atoms with Crippen molar-refractivity contribution in [1.29, 1.82) is 0 Å². The number of nitrogens with one attached hydrogen (secondary N) is 1. The van der Waals surface area contributed by atoms with E-state index in [4.69, 9.17) is 4.74 Å². The summed E-state index contributed by atoms with van der Waals surface area (Å²) in [7, 11) is 0. The molecule has 0 radical (unpaired) electrons. The predicted molar refractivity (Wildman–Crippen MR) is 95.9 cm³/mol. The van der Waals surface area contributed by atoms with Gasteiger partial charge in [0, 0.05) is 6.54 Å². The molecule has 1 fully saturated rings. The molecule has 1 N–H and O–H groups in total. The molecule has 23 heavy (non-hydrogen) atoms. The minimum absolute atomic E-state index is 0.768. The topological polar surface area (TPSA) is 21.3 Å². The zero-order valence-electron chi connectivity index (χ0n) is 13.8. The molecule has 0 heterocycles. The van der Waals surface area contributed by atoms with E-state index < -0.39 is 0 Å². The van der Waals surface area contributed by atoms with Crippen LogP contribution >= 0.6 is 0 Å². The standard InChI is InChI=1S/C21H27NO/c1-2-7-18(8-3-1)17-22-15-6-16-23-21-13-11-20(12-14-21)19-9-4-5-10-19/h1-3,7-8,11-14,19,22H,4-6,9-10,15-17H2. The summed E-state index contributed by atoms with van der Waals surface area (Å²) in [5.74, 6) is 1.78. The number of benzene rings is 2. The van der Waals surface area contributed by atoms with Crippen LogP contribution in [0, 0.1) is 0 Å². The van der Waals surface area contributed by atoms with Gasteiger partial charge < -0.3 is 10.1 Å². The average molecular weight is 309 g/mol. The smallest absolute Gasteiger partial charge is 0.119 e. The first kappa shape index (κ1) is 16.1. The lowest BCUT2D eigenvalue weighted by Crippen LogP contribution is -2.16. The van der Waals surface area contributed by atoms with Crippen LogP contribution in [0.5, 0.6) is 5.75 Å². The van der Waals surface area contributed by atoms with E-state index in [0.717, 1.165) is 37.8 Å². The second-order valence-electron chi connectivity index (χ2n) is 6.41. The summed E-state index contributed by atoms with van der Waals surface area (Å²) < 4.78 is 5.84. The van der Waals surface area contributed by atoms with Crippen molar-refractivity contribution in [2.75, 3.05) is 13.2 Å². The van der Waals surface area contributed by atoms with E-state index >= 15 is 0 Å². The highest BCUT2D eigenvalue weighted by molar-refractivity contribution is 5.29. The van der Waals surface area contributed by atoms with Crippen molar-refractivity contribution in [3.05, 3.63) is 65.7 Å². The van der Waals surface area contributed by atoms with Crippen LogP contribution in [0.1, 0.15) is 49.1 Å². The zero-order valence-corrected chi connectivity index (χ0v) is 13.8. The summed E-state index contributed by atoms with van der Waals surface area (Å²) in [5, 5.41) is 3.45. The third-order valence-corrected chi connectivity index (χ3v) is 4.65. The molecular weight excluding hydrogens is 282 g/mol. The Kier molecular flexibility index (Phi) is 6.10. The number of hydrogen-bond acceptors (Lipinski definition) is 2. The Hall–Kier alpha value is -1.80. The van der Waals surface area contributed by atoms with Crippen molar-refractivity contribution in [1.82, 2.24) is 5.32 Å². The molecule has 2 aromatic carbocycles. The van der Waals surface area contributed by atoms with E-state index in [0.29, 0.717) is 0 Å². The Balaban J connectivity index is 1.31. The Morgan fingerprint density at radius 1 is 0.913 bits per heavy atom. The Morgan fingerprint density at radius 2 is 1.65 bits per heavy atom. The molecule has 0 aromatic heterocycles. The van der Waals surface area contributed by atoms with Gasteiger partial charge in [-0.1, -0.05) is 55.3 Å². The van der Waals surface area contributed by atoms with Crippen LogP contribution in [0.4, 0.5) is 0 Å². The highest BCUT2D eigenvalue weighted by atomic mass is 16.5. The summed E-state index contributed by atoms with van der Waals surface area (Å²) in [6, 6.07) is 19.3. The molecule has 2 aromatic rings. The van der Waals surface area contributed by atoms with Crippen LogP contribution in [0.2, 0.25) is 0 Å². The van der Waals surface area contributed by atoms with Crippen LogP contribution < -0.4 is 10.1 Å². The molecule has 0 aliphatic heterocycles. The van der Waals surface area contributed by atoms with Crippen molar-refractivity contribution >= 4 is 0 Å². The first-order valence-corrected chi connectivity index (χ1v) is 8.89. The van der Waals surface area contributed by atoms with Gasteiger partial charge in [0.25, 0.3) is 0 Å². The summed E-state index contributed by atoms with van der Waals surface area (Å²) in [5.41, 5.74) is 2.82. The first-order valence-electron chi connectivity index (χ1n) is 8.89. The third kappa shape index (κ3) is 5.11. The van der Waals surface area contributed by atoms with Gasteiger partial charge in [0.15, 0.2) is 0 Å². The molecule has 0 bridgehead atoms. The Morgan fingerprint density at radius 3 is 2.39 bits per heavy atom. The zero-order chi connectivity index (χ0) is 15.7. The molecule has 2 heteroatoms. The monoisotopic (exact) mass is 309 g/mol.